The highest BCUT2D eigenvalue weighted by atomic mass is 16.6. The van der Waals surface area contributed by atoms with Gasteiger partial charge in [-0.2, -0.15) is 0 Å². The van der Waals surface area contributed by atoms with E-state index in [1.54, 1.807) is 7.11 Å². The van der Waals surface area contributed by atoms with E-state index in [0.717, 1.165) is 30.4 Å². The van der Waals surface area contributed by atoms with Crippen LogP contribution in [-0.4, -0.2) is 23.8 Å². The van der Waals surface area contributed by atoms with Crippen molar-refractivity contribution in [1.29, 1.82) is 0 Å². The molecule has 0 heterocycles. The van der Waals surface area contributed by atoms with Crippen LogP contribution in [0.15, 0.2) is 42.5 Å². The monoisotopic (exact) mass is 368 g/mol. The van der Waals surface area contributed by atoms with Gasteiger partial charge in [0.15, 0.2) is 5.79 Å². The van der Waals surface area contributed by atoms with Crippen LogP contribution < -0.4 is 0 Å². The van der Waals surface area contributed by atoms with Gasteiger partial charge in [-0.05, 0) is 43.6 Å². The predicted molar refractivity (Wildman–Crippen MR) is 106 cm³/mol. The summed E-state index contributed by atoms with van der Waals surface area (Å²) in [5.74, 6) is -0.965. The average molecular weight is 369 g/mol. The summed E-state index contributed by atoms with van der Waals surface area (Å²) >= 11 is 0. The number of methoxy groups -OCH3 is 1. The van der Waals surface area contributed by atoms with Gasteiger partial charge in [-0.3, -0.25) is 4.79 Å². The van der Waals surface area contributed by atoms with Gasteiger partial charge in [-0.15, -0.1) is 0 Å². The van der Waals surface area contributed by atoms with E-state index in [1.165, 1.54) is 12.8 Å². The minimum atomic E-state index is -1.41. The van der Waals surface area contributed by atoms with E-state index in [2.05, 4.69) is 25.6 Å². The van der Waals surface area contributed by atoms with Crippen LogP contribution in [0.1, 0.15) is 57.4 Å². The first-order valence-electron chi connectivity index (χ1n) is 10.5. The van der Waals surface area contributed by atoms with Crippen molar-refractivity contribution in [3.8, 4) is 0 Å². The molecular formula is C24H32O3. The maximum atomic E-state index is 13.8. The van der Waals surface area contributed by atoms with Crippen LogP contribution in [0.4, 0.5) is 0 Å². The number of rotatable bonds is 6. The summed E-state index contributed by atoms with van der Waals surface area (Å²) in [5.41, 5.74) is 0.987. The molecule has 3 aliphatic rings. The van der Waals surface area contributed by atoms with Crippen LogP contribution in [0.25, 0.3) is 0 Å². The fraction of sp³-hybridized carbons (Fsp3) is 0.625. The molecule has 4 atom stereocenters. The van der Waals surface area contributed by atoms with Gasteiger partial charge in [-0.1, -0.05) is 62.2 Å². The van der Waals surface area contributed by atoms with Crippen molar-refractivity contribution in [1.82, 2.24) is 0 Å². The molecule has 1 aromatic rings. The highest BCUT2D eigenvalue weighted by Gasteiger charge is 2.79. The van der Waals surface area contributed by atoms with Crippen molar-refractivity contribution in [3.05, 3.63) is 48.0 Å². The van der Waals surface area contributed by atoms with Gasteiger partial charge in [0.1, 0.15) is 5.78 Å². The number of ketones is 1. The molecule has 0 aromatic heterocycles. The molecule has 0 aliphatic heterocycles. The zero-order valence-electron chi connectivity index (χ0n) is 16.7. The smallest absolute Gasteiger partial charge is 0.185 e. The number of aryl methyl sites for hydroxylation is 1. The lowest BCUT2D eigenvalue weighted by molar-refractivity contribution is -0.257. The summed E-state index contributed by atoms with van der Waals surface area (Å²) in [7, 11) is 1.56. The largest absolute Gasteiger partial charge is 0.364 e. The SMILES string of the molecule is C=C1C2CCC(C(=O)CCc3ccccc3)(C2(O)OC)C1(C)C1CCCC1. The van der Waals surface area contributed by atoms with Crippen LogP contribution in [0.3, 0.4) is 0 Å². The van der Waals surface area contributed by atoms with Gasteiger partial charge in [0.05, 0.1) is 5.41 Å². The van der Waals surface area contributed by atoms with E-state index < -0.39 is 11.2 Å². The topological polar surface area (TPSA) is 46.5 Å². The molecule has 3 aliphatic carbocycles. The summed E-state index contributed by atoms with van der Waals surface area (Å²) < 4.78 is 5.76. The van der Waals surface area contributed by atoms with Crippen LogP contribution in [0.5, 0.6) is 0 Å². The molecule has 27 heavy (non-hydrogen) atoms. The van der Waals surface area contributed by atoms with Gasteiger partial charge in [0.25, 0.3) is 0 Å². The lowest BCUT2D eigenvalue weighted by Gasteiger charge is -2.50. The quantitative estimate of drug-likeness (QED) is 0.585. The standard InChI is InChI=1S/C24H32O3/c1-17-20-15-16-23(24(20,26)27-3,22(17,2)19-11-7-8-12-19)21(25)14-13-18-9-5-4-6-10-18/h4-6,9-10,19-20,26H,1,7-8,11-16H2,2-3H3. The number of fused-ring (bicyclic) bond motifs is 2. The molecule has 3 saturated carbocycles. The zero-order chi connectivity index (χ0) is 19.3. The third-order valence-electron chi connectivity index (χ3n) is 8.31. The average Bonchev–Trinajstić information content (AvgIpc) is 3.36. The molecule has 3 fully saturated rings. The summed E-state index contributed by atoms with van der Waals surface area (Å²) in [6.07, 6.45) is 7.31. The zero-order valence-corrected chi connectivity index (χ0v) is 16.7. The number of carbonyl (C=O) groups is 1. The Hall–Kier alpha value is -1.45. The summed E-state index contributed by atoms with van der Waals surface area (Å²) in [6.45, 7) is 6.63. The molecule has 3 heteroatoms. The first-order valence-corrected chi connectivity index (χ1v) is 10.5. The molecule has 4 unspecified atom stereocenters. The van der Waals surface area contributed by atoms with Gasteiger partial charge in [-0.25, -0.2) is 0 Å². The molecule has 0 amide bonds. The Morgan fingerprint density at radius 3 is 2.52 bits per heavy atom. The van der Waals surface area contributed by atoms with Gasteiger partial charge < -0.3 is 9.84 Å². The van der Waals surface area contributed by atoms with Crippen molar-refractivity contribution in [2.24, 2.45) is 22.7 Å². The fourth-order valence-electron chi connectivity index (χ4n) is 6.89. The van der Waals surface area contributed by atoms with Crippen LogP contribution in [0, 0.1) is 22.7 Å². The molecule has 0 radical (unpaired) electrons. The third kappa shape index (κ3) is 2.31. The third-order valence-corrected chi connectivity index (χ3v) is 8.31. The normalized spacial score (nSPS) is 38.6. The minimum absolute atomic E-state index is 0.131. The number of hydrogen-bond donors (Lipinski definition) is 1. The Labute approximate surface area is 162 Å². The first-order chi connectivity index (χ1) is 12.9. The molecule has 3 nitrogen and oxygen atoms in total. The summed E-state index contributed by atoms with van der Waals surface area (Å²) in [5, 5.41) is 11.7. The van der Waals surface area contributed by atoms with E-state index >= 15 is 0 Å². The second kappa shape index (κ2) is 6.56. The Bertz CT molecular complexity index is 735. The van der Waals surface area contributed by atoms with Crippen molar-refractivity contribution >= 4 is 5.78 Å². The summed E-state index contributed by atoms with van der Waals surface area (Å²) in [4.78, 5) is 13.8. The van der Waals surface area contributed by atoms with Crippen molar-refractivity contribution in [2.75, 3.05) is 7.11 Å². The van der Waals surface area contributed by atoms with Crippen molar-refractivity contribution < 1.29 is 14.6 Å². The molecule has 0 spiro atoms. The number of Topliss-reactive ketones (excluding diaryl/α,β-unsaturated/α-hetero) is 1. The molecular weight excluding hydrogens is 336 g/mol. The molecule has 1 N–H and O–H groups in total. The number of carbonyl (C=O) groups excluding carboxylic acids is 1. The second-order valence-electron chi connectivity index (χ2n) is 9.01. The molecule has 4 rings (SSSR count). The van der Waals surface area contributed by atoms with Crippen molar-refractivity contribution in [3.63, 3.8) is 0 Å². The van der Waals surface area contributed by atoms with Gasteiger partial charge in [0, 0.05) is 24.9 Å². The number of ether oxygens (including phenoxy) is 1. The molecule has 2 bridgehead atoms. The Morgan fingerprint density at radius 2 is 1.89 bits per heavy atom. The maximum absolute atomic E-state index is 13.8. The Balaban J connectivity index is 1.72. The fourth-order valence-corrected chi connectivity index (χ4v) is 6.89. The van der Waals surface area contributed by atoms with E-state index in [1.807, 2.05) is 18.2 Å². The van der Waals surface area contributed by atoms with Crippen LogP contribution in [0.2, 0.25) is 0 Å². The highest BCUT2D eigenvalue weighted by molar-refractivity contribution is 5.89. The number of benzene rings is 1. The Kier molecular flexibility index (Phi) is 4.59. The lowest BCUT2D eigenvalue weighted by Crippen LogP contribution is -2.57. The number of aliphatic hydroxyl groups is 1. The first kappa shape index (κ1) is 18.9. The van der Waals surface area contributed by atoms with E-state index in [-0.39, 0.29) is 17.1 Å². The van der Waals surface area contributed by atoms with E-state index in [0.29, 0.717) is 25.2 Å². The summed E-state index contributed by atoms with van der Waals surface area (Å²) in [6, 6.07) is 10.1. The highest BCUT2D eigenvalue weighted by Crippen LogP contribution is 2.75. The second-order valence-corrected chi connectivity index (χ2v) is 9.01. The molecule has 1 aromatic carbocycles. The minimum Gasteiger partial charge on any atom is -0.364 e. The predicted octanol–water partition coefficient (Wildman–Crippen LogP) is 4.69. The molecule has 146 valence electrons. The van der Waals surface area contributed by atoms with E-state index in [4.69, 9.17) is 4.74 Å². The van der Waals surface area contributed by atoms with Crippen LogP contribution >= 0.6 is 0 Å². The lowest BCUT2D eigenvalue weighted by atomic mass is 9.53. The molecule has 0 saturated heterocycles. The van der Waals surface area contributed by atoms with Gasteiger partial charge in [0.2, 0.25) is 0 Å². The Morgan fingerprint density at radius 1 is 1.22 bits per heavy atom. The maximum Gasteiger partial charge on any atom is 0.185 e. The van der Waals surface area contributed by atoms with E-state index in [9.17, 15) is 9.90 Å². The number of hydrogen-bond acceptors (Lipinski definition) is 3. The van der Waals surface area contributed by atoms with Crippen LogP contribution in [-0.2, 0) is 16.0 Å². The van der Waals surface area contributed by atoms with Gasteiger partial charge >= 0.3 is 0 Å². The van der Waals surface area contributed by atoms with Crippen molar-refractivity contribution in [2.45, 2.75) is 64.1 Å².